The number of amides is 1. The smallest absolute Gasteiger partial charge is 0.222 e. The Balaban J connectivity index is 3.62. The lowest BCUT2D eigenvalue weighted by molar-refractivity contribution is -0.124. The van der Waals surface area contributed by atoms with E-state index in [1.54, 1.807) is 6.08 Å². The Hall–Kier alpha value is -1.69. The Bertz CT molecular complexity index is 927. The molecule has 57 heavy (non-hydrogen) atoms. The van der Waals surface area contributed by atoms with Crippen molar-refractivity contribution < 1.29 is 20.1 Å². The molecule has 0 rings (SSSR count). The number of unbranched alkanes of at least 4 members (excludes halogenated alkanes) is 30. The summed E-state index contributed by atoms with van der Waals surface area (Å²) in [6.45, 7) is 4.19. The van der Waals surface area contributed by atoms with Gasteiger partial charge in [0.2, 0.25) is 5.91 Å². The molecule has 0 heterocycles. The number of hydrogen-bond donors (Lipinski definition) is 4. The second kappa shape index (κ2) is 47.0. The molecule has 1 amide bonds. The Morgan fingerprint density at radius 2 is 0.754 bits per heavy atom. The summed E-state index contributed by atoms with van der Waals surface area (Å²) in [4.78, 5) is 12.5. The van der Waals surface area contributed by atoms with E-state index in [9.17, 15) is 20.1 Å². The molecule has 3 unspecified atom stereocenters. The number of allylic oxidation sites excluding steroid dienone is 7. The average molecular weight is 800 g/mol. The number of carbonyl (C=O) groups excluding carboxylic acids is 1. The lowest BCUT2D eigenvalue weighted by Gasteiger charge is -2.21. The Labute approximate surface area is 355 Å². The molecule has 0 aromatic heterocycles. The number of aliphatic hydroxyl groups excluding tert-OH is 3. The summed E-state index contributed by atoms with van der Waals surface area (Å²) in [5.41, 5.74) is 0. The van der Waals surface area contributed by atoms with Gasteiger partial charge >= 0.3 is 0 Å². The van der Waals surface area contributed by atoms with Gasteiger partial charge in [0.25, 0.3) is 0 Å². The molecule has 0 fully saturated rings. The third-order valence-electron chi connectivity index (χ3n) is 11.3. The molecule has 0 saturated heterocycles. The molecular weight excluding hydrogens is 703 g/mol. The van der Waals surface area contributed by atoms with E-state index in [2.05, 4.69) is 55.6 Å². The summed E-state index contributed by atoms with van der Waals surface area (Å²) in [5.74, 6) is -0.330. The van der Waals surface area contributed by atoms with Crippen molar-refractivity contribution in [2.45, 2.75) is 270 Å². The third kappa shape index (κ3) is 43.7. The predicted octanol–water partition coefficient (Wildman–Crippen LogP) is 14.9. The van der Waals surface area contributed by atoms with E-state index in [-0.39, 0.29) is 18.9 Å². The van der Waals surface area contributed by atoms with Crippen molar-refractivity contribution in [2.24, 2.45) is 0 Å². The summed E-state index contributed by atoms with van der Waals surface area (Å²) in [5, 5.41) is 33.3. The lowest BCUT2D eigenvalue weighted by Crippen LogP contribution is -2.45. The zero-order valence-corrected chi connectivity index (χ0v) is 38.0. The van der Waals surface area contributed by atoms with E-state index in [0.29, 0.717) is 6.42 Å². The van der Waals surface area contributed by atoms with Crippen LogP contribution in [-0.2, 0) is 4.79 Å². The van der Waals surface area contributed by atoms with Gasteiger partial charge in [-0.3, -0.25) is 4.79 Å². The zero-order chi connectivity index (χ0) is 41.5. The summed E-state index contributed by atoms with van der Waals surface area (Å²) in [7, 11) is 0. The highest BCUT2D eigenvalue weighted by atomic mass is 16.3. The molecule has 0 aliphatic carbocycles. The van der Waals surface area contributed by atoms with Gasteiger partial charge in [0.1, 0.15) is 0 Å². The van der Waals surface area contributed by atoms with Gasteiger partial charge < -0.3 is 20.6 Å². The maximum Gasteiger partial charge on any atom is 0.222 e. The Morgan fingerprint density at radius 1 is 0.439 bits per heavy atom. The largest absolute Gasteiger partial charge is 0.394 e. The zero-order valence-electron chi connectivity index (χ0n) is 38.0. The summed E-state index contributed by atoms with van der Waals surface area (Å²) >= 11 is 0. The first-order valence-electron chi connectivity index (χ1n) is 24.9. The molecule has 5 heteroatoms. The molecule has 0 radical (unpaired) electrons. The van der Waals surface area contributed by atoms with Crippen LogP contribution in [0.25, 0.3) is 0 Å². The first-order valence-corrected chi connectivity index (χ1v) is 24.9. The monoisotopic (exact) mass is 800 g/mol. The Morgan fingerprint density at radius 3 is 1.12 bits per heavy atom. The van der Waals surface area contributed by atoms with Crippen LogP contribution in [0.4, 0.5) is 0 Å². The molecule has 4 N–H and O–H groups in total. The van der Waals surface area contributed by atoms with Gasteiger partial charge in [0, 0.05) is 0 Å². The maximum atomic E-state index is 12.5. The van der Waals surface area contributed by atoms with E-state index in [0.717, 1.165) is 38.5 Å². The maximum absolute atomic E-state index is 12.5. The van der Waals surface area contributed by atoms with Crippen molar-refractivity contribution in [2.75, 3.05) is 6.61 Å². The van der Waals surface area contributed by atoms with Crippen LogP contribution in [0.15, 0.2) is 48.6 Å². The van der Waals surface area contributed by atoms with Crippen molar-refractivity contribution >= 4 is 5.91 Å². The van der Waals surface area contributed by atoms with Crippen LogP contribution in [-0.4, -0.2) is 46.1 Å². The fourth-order valence-electron chi connectivity index (χ4n) is 7.48. The highest BCUT2D eigenvalue weighted by molar-refractivity contribution is 5.76. The van der Waals surface area contributed by atoms with Crippen molar-refractivity contribution in [3.05, 3.63) is 48.6 Å². The van der Waals surface area contributed by atoms with Crippen LogP contribution < -0.4 is 5.32 Å². The van der Waals surface area contributed by atoms with Gasteiger partial charge in [-0.25, -0.2) is 0 Å². The number of hydrogen-bond acceptors (Lipinski definition) is 4. The first-order chi connectivity index (χ1) is 28.0. The van der Waals surface area contributed by atoms with E-state index in [1.165, 1.54) is 186 Å². The van der Waals surface area contributed by atoms with Gasteiger partial charge in [0.05, 0.1) is 31.3 Å². The predicted molar refractivity (Wildman–Crippen MR) is 250 cm³/mol. The molecule has 0 saturated carbocycles. The third-order valence-corrected chi connectivity index (χ3v) is 11.3. The van der Waals surface area contributed by atoms with Gasteiger partial charge in [-0.1, -0.05) is 223 Å². The molecular formula is C52H97NO4. The summed E-state index contributed by atoms with van der Waals surface area (Å²) < 4.78 is 0. The molecule has 0 aromatic carbocycles. The topological polar surface area (TPSA) is 89.8 Å². The molecule has 334 valence electrons. The number of aliphatic hydroxyl groups is 3. The van der Waals surface area contributed by atoms with E-state index in [1.807, 2.05) is 6.08 Å². The van der Waals surface area contributed by atoms with E-state index >= 15 is 0 Å². The van der Waals surface area contributed by atoms with Gasteiger partial charge in [-0.15, -0.1) is 0 Å². The van der Waals surface area contributed by atoms with Gasteiger partial charge in [-0.2, -0.15) is 0 Å². The number of carbonyl (C=O) groups is 1. The Kier molecular flexibility index (Phi) is 45.6. The molecule has 0 bridgehead atoms. The van der Waals surface area contributed by atoms with E-state index in [4.69, 9.17) is 0 Å². The van der Waals surface area contributed by atoms with E-state index < -0.39 is 18.2 Å². The molecule has 0 aliphatic rings. The minimum Gasteiger partial charge on any atom is -0.394 e. The fourth-order valence-corrected chi connectivity index (χ4v) is 7.48. The fraction of sp³-hybridized carbons (Fsp3) is 0.827. The van der Waals surface area contributed by atoms with Crippen LogP contribution in [0.1, 0.15) is 251 Å². The van der Waals surface area contributed by atoms with Crippen molar-refractivity contribution in [1.29, 1.82) is 0 Å². The SMILES string of the molecule is CCCCCCC/C=C/CC/C=C/CC/C=C/C(O)C(CO)NC(=O)CC(O)CCCCCCCCCCCCC/C=C\CCCCCCCCCCCCCC. The second-order valence-electron chi connectivity index (χ2n) is 17.0. The molecule has 3 atom stereocenters. The molecule has 5 nitrogen and oxygen atoms in total. The van der Waals surface area contributed by atoms with Gasteiger partial charge in [0.15, 0.2) is 0 Å². The number of rotatable bonds is 45. The molecule has 0 aliphatic heterocycles. The minimum absolute atomic E-state index is 0.00163. The van der Waals surface area contributed by atoms with Crippen molar-refractivity contribution in [1.82, 2.24) is 5.32 Å². The van der Waals surface area contributed by atoms with Crippen molar-refractivity contribution in [3.63, 3.8) is 0 Å². The van der Waals surface area contributed by atoms with Crippen LogP contribution in [0, 0.1) is 0 Å². The highest BCUT2D eigenvalue weighted by Gasteiger charge is 2.20. The molecule has 0 aromatic rings. The molecule has 0 spiro atoms. The second-order valence-corrected chi connectivity index (χ2v) is 17.0. The van der Waals surface area contributed by atoms with Crippen LogP contribution in [0.2, 0.25) is 0 Å². The minimum atomic E-state index is -0.960. The quantitative estimate of drug-likeness (QED) is 0.0365. The van der Waals surface area contributed by atoms with Crippen LogP contribution >= 0.6 is 0 Å². The average Bonchev–Trinajstić information content (AvgIpc) is 3.20. The lowest BCUT2D eigenvalue weighted by atomic mass is 10.0. The summed E-state index contributed by atoms with van der Waals surface area (Å²) in [6, 6.07) is -0.768. The number of nitrogens with one attached hydrogen (secondary N) is 1. The van der Waals surface area contributed by atoms with Crippen molar-refractivity contribution in [3.8, 4) is 0 Å². The normalized spacial score (nSPS) is 13.8. The standard InChI is InChI=1S/C52H97NO4/c1-3-5-7-9-11-13-15-17-19-20-21-22-23-24-25-26-27-28-29-30-32-33-35-37-39-41-43-45-49(55)47-52(57)53-50(48-54)51(56)46-44-42-40-38-36-34-31-18-16-14-12-10-8-6-4-2/h16,18,24-25,36,38,44,46,49-51,54-56H,3-15,17,19-23,26-35,37,39-43,45,47-48H2,1-2H3,(H,53,57)/b18-16+,25-24-,38-36+,46-44+. The summed E-state index contributed by atoms with van der Waals surface area (Å²) in [6.07, 6.45) is 61.4. The first kappa shape index (κ1) is 55.3. The highest BCUT2D eigenvalue weighted by Crippen LogP contribution is 2.16. The van der Waals surface area contributed by atoms with Crippen LogP contribution in [0.5, 0.6) is 0 Å². The van der Waals surface area contributed by atoms with Crippen LogP contribution in [0.3, 0.4) is 0 Å². The van der Waals surface area contributed by atoms with Gasteiger partial charge in [-0.05, 0) is 70.6 Å².